The molecule has 1 heterocycles. The third-order valence-electron chi connectivity index (χ3n) is 5.14. The maximum absolute atomic E-state index is 13.0. The largest absolute Gasteiger partial charge is 0.486 e. The zero-order valence-electron chi connectivity index (χ0n) is 16.6. The Morgan fingerprint density at radius 2 is 1.45 bits per heavy atom. The molecule has 0 saturated carbocycles. The Morgan fingerprint density at radius 3 is 2.16 bits per heavy atom. The molecule has 154 valence electrons. The molecule has 1 aliphatic heterocycles. The van der Waals surface area contributed by atoms with Gasteiger partial charge in [-0.3, -0.25) is 4.79 Å². The Kier molecular flexibility index (Phi) is 4.88. The van der Waals surface area contributed by atoms with Crippen molar-refractivity contribution in [3.63, 3.8) is 0 Å². The Balaban J connectivity index is 1.34. The van der Waals surface area contributed by atoms with Crippen molar-refractivity contribution < 1.29 is 23.8 Å². The molecule has 0 fully saturated rings. The maximum atomic E-state index is 13.0. The van der Waals surface area contributed by atoms with Gasteiger partial charge in [0.25, 0.3) is 5.91 Å². The molecule has 5 rings (SSSR count). The van der Waals surface area contributed by atoms with Crippen molar-refractivity contribution >= 4 is 39.1 Å². The molecule has 1 amide bonds. The van der Waals surface area contributed by atoms with Crippen LogP contribution in [0, 0.1) is 0 Å². The minimum atomic E-state index is -0.537. The average Bonchev–Trinajstić information content (AvgIpc) is 2.81. The van der Waals surface area contributed by atoms with Gasteiger partial charge in [0.2, 0.25) is 0 Å². The number of ether oxygens (including phenoxy) is 3. The van der Waals surface area contributed by atoms with Gasteiger partial charge in [0.05, 0.1) is 5.56 Å². The third-order valence-corrected chi connectivity index (χ3v) is 5.14. The van der Waals surface area contributed by atoms with E-state index in [0.29, 0.717) is 36.0 Å². The van der Waals surface area contributed by atoms with Gasteiger partial charge in [-0.25, -0.2) is 4.79 Å². The molecule has 6 heteroatoms. The van der Waals surface area contributed by atoms with Gasteiger partial charge in [-0.05, 0) is 39.7 Å². The summed E-state index contributed by atoms with van der Waals surface area (Å²) in [6.45, 7) is 0.559. The smallest absolute Gasteiger partial charge is 0.339 e. The highest BCUT2D eigenvalue weighted by Crippen LogP contribution is 2.32. The summed E-state index contributed by atoms with van der Waals surface area (Å²) in [6, 6.07) is 22.4. The molecule has 0 atom stereocenters. The van der Waals surface area contributed by atoms with Crippen molar-refractivity contribution in [3.8, 4) is 11.5 Å². The lowest BCUT2D eigenvalue weighted by atomic mass is 9.97. The van der Waals surface area contributed by atoms with Crippen LogP contribution >= 0.6 is 0 Å². The molecule has 0 unspecified atom stereocenters. The van der Waals surface area contributed by atoms with Gasteiger partial charge in [-0.2, -0.15) is 0 Å². The third kappa shape index (κ3) is 3.75. The first kappa shape index (κ1) is 18.9. The first-order chi connectivity index (χ1) is 15.2. The minimum Gasteiger partial charge on any atom is -0.486 e. The van der Waals surface area contributed by atoms with Crippen LogP contribution in [0.3, 0.4) is 0 Å². The molecule has 4 aromatic carbocycles. The van der Waals surface area contributed by atoms with Crippen LogP contribution in [0.4, 0.5) is 5.69 Å². The van der Waals surface area contributed by atoms with E-state index in [1.165, 1.54) is 0 Å². The van der Waals surface area contributed by atoms with Crippen LogP contribution < -0.4 is 14.8 Å². The summed E-state index contributed by atoms with van der Waals surface area (Å²) in [7, 11) is 0. The summed E-state index contributed by atoms with van der Waals surface area (Å²) >= 11 is 0. The van der Waals surface area contributed by atoms with Gasteiger partial charge in [0, 0.05) is 11.8 Å². The molecule has 0 saturated heterocycles. The summed E-state index contributed by atoms with van der Waals surface area (Å²) < 4.78 is 16.4. The van der Waals surface area contributed by atoms with Gasteiger partial charge in [0.15, 0.2) is 18.1 Å². The molecule has 0 radical (unpaired) electrons. The highest BCUT2D eigenvalue weighted by atomic mass is 16.6. The Morgan fingerprint density at radius 1 is 0.806 bits per heavy atom. The van der Waals surface area contributed by atoms with E-state index in [0.717, 1.165) is 21.5 Å². The van der Waals surface area contributed by atoms with Crippen LogP contribution in [-0.4, -0.2) is 31.7 Å². The number of benzene rings is 4. The van der Waals surface area contributed by atoms with Gasteiger partial charge in [-0.1, -0.05) is 48.5 Å². The molecule has 31 heavy (non-hydrogen) atoms. The molecule has 0 spiro atoms. The summed E-state index contributed by atoms with van der Waals surface area (Å²) in [5.74, 6) is 0.238. The van der Waals surface area contributed by atoms with Gasteiger partial charge in [0.1, 0.15) is 13.2 Å². The lowest BCUT2D eigenvalue weighted by Crippen LogP contribution is -2.21. The van der Waals surface area contributed by atoms with Gasteiger partial charge >= 0.3 is 5.97 Å². The number of fused-ring (bicyclic) bond motifs is 3. The van der Waals surface area contributed by atoms with Crippen molar-refractivity contribution in [1.29, 1.82) is 0 Å². The fourth-order valence-corrected chi connectivity index (χ4v) is 3.76. The first-order valence-electron chi connectivity index (χ1n) is 9.96. The second kappa shape index (κ2) is 7.99. The summed E-state index contributed by atoms with van der Waals surface area (Å²) in [5.41, 5.74) is 1.00. The van der Waals surface area contributed by atoms with E-state index in [2.05, 4.69) is 5.32 Å². The summed E-state index contributed by atoms with van der Waals surface area (Å²) in [4.78, 5) is 25.4. The molecular formula is C25H19NO5. The fraction of sp³-hybridized carbons (Fsp3) is 0.120. The van der Waals surface area contributed by atoms with E-state index in [-0.39, 0.29) is 0 Å². The number of carbonyl (C=O) groups is 2. The van der Waals surface area contributed by atoms with E-state index in [1.807, 2.05) is 54.6 Å². The molecule has 6 nitrogen and oxygen atoms in total. The SMILES string of the molecule is O=C(COC(=O)c1c2ccccc2cc2ccccc12)Nc1ccc2c(c1)OCCO2. The molecule has 0 bridgehead atoms. The predicted octanol–water partition coefficient (Wildman–Crippen LogP) is 4.56. The number of nitrogens with one attached hydrogen (secondary N) is 1. The molecule has 0 aliphatic carbocycles. The maximum Gasteiger partial charge on any atom is 0.339 e. The summed E-state index contributed by atoms with van der Waals surface area (Å²) in [6.07, 6.45) is 0. The van der Waals surface area contributed by atoms with Crippen molar-refractivity contribution in [3.05, 3.63) is 78.4 Å². The van der Waals surface area contributed by atoms with E-state index < -0.39 is 18.5 Å². The molecule has 4 aromatic rings. The zero-order chi connectivity index (χ0) is 21.2. The van der Waals surface area contributed by atoms with Crippen LogP contribution in [0.2, 0.25) is 0 Å². The number of rotatable bonds is 4. The molecular weight excluding hydrogens is 394 g/mol. The lowest BCUT2D eigenvalue weighted by molar-refractivity contribution is -0.119. The number of carbonyl (C=O) groups excluding carboxylic acids is 2. The number of esters is 1. The standard InChI is InChI=1S/C25H19NO5/c27-23(26-18-9-10-21-22(14-18)30-12-11-29-21)15-31-25(28)24-19-7-3-1-5-16(19)13-17-6-2-4-8-20(17)24/h1-10,13-14H,11-12,15H2,(H,26,27). The van der Waals surface area contributed by atoms with Crippen LogP contribution in [0.5, 0.6) is 11.5 Å². The van der Waals surface area contributed by atoms with Crippen LogP contribution in [0.25, 0.3) is 21.5 Å². The van der Waals surface area contributed by atoms with E-state index in [1.54, 1.807) is 18.2 Å². The topological polar surface area (TPSA) is 73.9 Å². The van der Waals surface area contributed by atoms with Crippen molar-refractivity contribution in [2.24, 2.45) is 0 Å². The molecule has 1 aliphatic rings. The minimum absolute atomic E-state index is 0.398. The Labute approximate surface area is 178 Å². The Bertz CT molecular complexity index is 1260. The summed E-state index contributed by atoms with van der Waals surface area (Å²) in [5, 5.41) is 6.18. The molecule has 1 N–H and O–H groups in total. The Hall–Kier alpha value is -4.06. The first-order valence-corrected chi connectivity index (χ1v) is 9.96. The molecule has 0 aromatic heterocycles. The van der Waals surface area contributed by atoms with Gasteiger partial charge in [-0.15, -0.1) is 0 Å². The van der Waals surface area contributed by atoms with E-state index in [4.69, 9.17) is 14.2 Å². The monoisotopic (exact) mass is 413 g/mol. The van der Waals surface area contributed by atoms with Crippen LogP contribution in [-0.2, 0) is 9.53 Å². The number of hydrogen-bond donors (Lipinski definition) is 1. The average molecular weight is 413 g/mol. The highest BCUT2D eigenvalue weighted by Gasteiger charge is 2.18. The number of hydrogen-bond acceptors (Lipinski definition) is 5. The predicted molar refractivity (Wildman–Crippen MR) is 118 cm³/mol. The number of amides is 1. The number of anilines is 1. The second-order valence-electron chi connectivity index (χ2n) is 7.18. The highest BCUT2D eigenvalue weighted by molar-refractivity contribution is 6.16. The van der Waals surface area contributed by atoms with Crippen molar-refractivity contribution in [2.75, 3.05) is 25.1 Å². The normalized spacial score (nSPS) is 12.5. The fourth-order valence-electron chi connectivity index (χ4n) is 3.76. The quantitative estimate of drug-likeness (QED) is 0.392. The van der Waals surface area contributed by atoms with Crippen LogP contribution in [0.1, 0.15) is 10.4 Å². The van der Waals surface area contributed by atoms with Crippen molar-refractivity contribution in [1.82, 2.24) is 0 Å². The zero-order valence-corrected chi connectivity index (χ0v) is 16.6. The second-order valence-corrected chi connectivity index (χ2v) is 7.18. The van der Waals surface area contributed by atoms with E-state index in [9.17, 15) is 9.59 Å². The lowest BCUT2D eigenvalue weighted by Gasteiger charge is -2.19. The van der Waals surface area contributed by atoms with Gasteiger partial charge < -0.3 is 19.5 Å². The van der Waals surface area contributed by atoms with Crippen molar-refractivity contribution in [2.45, 2.75) is 0 Å². The van der Waals surface area contributed by atoms with E-state index >= 15 is 0 Å². The van der Waals surface area contributed by atoms with Crippen LogP contribution in [0.15, 0.2) is 72.8 Å².